The molecule has 0 aliphatic rings. The first-order valence-corrected chi connectivity index (χ1v) is 3.93. The van der Waals surface area contributed by atoms with Crippen LogP contribution in [0.2, 0.25) is 0 Å². The number of hydrogen-bond acceptors (Lipinski definition) is 3. The molecule has 0 atom stereocenters. The quantitative estimate of drug-likeness (QED) is 0.525. The van der Waals surface area contributed by atoms with Crippen molar-refractivity contribution in [3.63, 3.8) is 0 Å². The molecule has 0 aliphatic heterocycles. The van der Waals surface area contributed by atoms with Gasteiger partial charge in [0.1, 0.15) is 11.6 Å². The van der Waals surface area contributed by atoms with Gasteiger partial charge in [0.2, 0.25) is 0 Å². The molecule has 0 amide bonds. The minimum Gasteiger partial charge on any atom is -0.496 e. The molecule has 0 spiro atoms. The molecular weight excluding hydrogens is 166 g/mol. The molecule has 0 unspecified atom stereocenters. The number of amidine groups is 1. The Balaban J connectivity index is 3.38. The third kappa shape index (κ3) is 1.77. The Morgan fingerprint density at radius 2 is 2.15 bits per heavy atom. The average molecular weight is 179 g/mol. The summed E-state index contributed by atoms with van der Waals surface area (Å²) in [4.78, 5) is 4.20. The molecule has 3 N–H and O–H groups in total. The fourth-order valence-corrected chi connectivity index (χ4v) is 1.28. The molecule has 0 bridgehead atoms. The Bertz CT molecular complexity index is 347. The van der Waals surface area contributed by atoms with Crippen molar-refractivity contribution in [2.75, 3.05) is 7.11 Å². The van der Waals surface area contributed by atoms with Crippen LogP contribution in [0.25, 0.3) is 0 Å². The van der Waals surface area contributed by atoms with Crippen molar-refractivity contribution < 1.29 is 4.74 Å². The summed E-state index contributed by atoms with van der Waals surface area (Å²) < 4.78 is 5.11. The van der Waals surface area contributed by atoms with Crippen LogP contribution in [0.15, 0.2) is 6.07 Å². The Kier molecular flexibility index (Phi) is 2.51. The third-order valence-electron chi connectivity index (χ3n) is 1.78. The summed E-state index contributed by atoms with van der Waals surface area (Å²) in [5, 5.41) is 7.35. The lowest BCUT2D eigenvalue weighted by atomic mass is 10.1. The normalized spacial score (nSPS) is 9.77. The molecule has 1 aromatic heterocycles. The lowest BCUT2D eigenvalue weighted by Gasteiger charge is -2.10. The summed E-state index contributed by atoms with van der Waals surface area (Å²) in [6, 6.07) is 1.77. The zero-order chi connectivity index (χ0) is 10.0. The maximum atomic E-state index is 7.35. The van der Waals surface area contributed by atoms with Crippen molar-refractivity contribution >= 4 is 5.84 Å². The lowest BCUT2D eigenvalue weighted by Crippen LogP contribution is -2.15. The van der Waals surface area contributed by atoms with Gasteiger partial charge in [0.05, 0.1) is 18.4 Å². The van der Waals surface area contributed by atoms with E-state index in [9.17, 15) is 0 Å². The van der Waals surface area contributed by atoms with Crippen LogP contribution in [0.3, 0.4) is 0 Å². The zero-order valence-electron chi connectivity index (χ0n) is 8.01. The fourth-order valence-electron chi connectivity index (χ4n) is 1.28. The number of aromatic nitrogens is 1. The van der Waals surface area contributed by atoms with Gasteiger partial charge in [-0.15, -0.1) is 0 Å². The number of nitrogen functional groups attached to an aromatic ring is 1. The molecule has 1 aromatic rings. The van der Waals surface area contributed by atoms with E-state index in [2.05, 4.69) is 4.98 Å². The maximum absolute atomic E-state index is 7.35. The summed E-state index contributed by atoms with van der Waals surface area (Å²) in [5.74, 6) is 0.597. The SMILES string of the molecule is COc1cc(C)nc(C)c1C(=N)N. The summed E-state index contributed by atoms with van der Waals surface area (Å²) in [7, 11) is 1.56. The van der Waals surface area contributed by atoms with Crippen LogP contribution >= 0.6 is 0 Å². The number of nitrogens with two attached hydrogens (primary N) is 1. The average Bonchev–Trinajstić information content (AvgIpc) is 2.01. The van der Waals surface area contributed by atoms with Gasteiger partial charge in [0.25, 0.3) is 0 Å². The van der Waals surface area contributed by atoms with Crippen molar-refractivity contribution in [2.24, 2.45) is 5.73 Å². The van der Waals surface area contributed by atoms with Gasteiger partial charge in [-0.25, -0.2) is 0 Å². The second-order valence-electron chi connectivity index (χ2n) is 2.84. The molecule has 4 nitrogen and oxygen atoms in total. The van der Waals surface area contributed by atoms with E-state index in [0.29, 0.717) is 11.3 Å². The summed E-state index contributed by atoms with van der Waals surface area (Å²) >= 11 is 0. The number of methoxy groups -OCH3 is 1. The summed E-state index contributed by atoms with van der Waals surface area (Å²) in [5.41, 5.74) is 7.57. The second kappa shape index (κ2) is 3.43. The fraction of sp³-hybridized carbons (Fsp3) is 0.333. The van der Waals surface area contributed by atoms with E-state index in [4.69, 9.17) is 15.9 Å². The van der Waals surface area contributed by atoms with Gasteiger partial charge in [0.15, 0.2) is 0 Å². The number of aryl methyl sites for hydroxylation is 2. The molecule has 70 valence electrons. The molecule has 1 rings (SSSR count). The number of ether oxygens (including phenoxy) is 1. The van der Waals surface area contributed by atoms with Crippen molar-refractivity contribution in [3.05, 3.63) is 23.0 Å². The van der Waals surface area contributed by atoms with Gasteiger partial charge in [0, 0.05) is 11.8 Å². The molecule has 0 radical (unpaired) electrons. The molecule has 4 heteroatoms. The zero-order valence-corrected chi connectivity index (χ0v) is 8.01. The highest BCUT2D eigenvalue weighted by atomic mass is 16.5. The van der Waals surface area contributed by atoms with Crippen LogP contribution < -0.4 is 10.5 Å². The summed E-state index contributed by atoms with van der Waals surface area (Å²) in [6.07, 6.45) is 0. The molecule has 0 saturated heterocycles. The topological polar surface area (TPSA) is 72.0 Å². The Hall–Kier alpha value is -1.58. The van der Waals surface area contributed by atoms with E-state index >= 15 is 0 Å². The third-order valence-corrected chi connectivity index (χ3v) is 1.78. The Labute approximate surface area is 77.2 Å². The Morgan fingerprint density at radius 3 is 2.62 bits per heavy atom. The van der Waals surface area contributed by atoms with Crippen LogP contribution in [-0.2, 0) is 0 Å². The van der Waals surface area contributed by atoms with Crippen LogP contribution in [0.5, 0.6) is 5.75 Å². The molecule has 0 aromatic carbocycles. The standard InChI is InChI=1S/C9H13N3O/c1-5-4-7(13-3)8(9(10)11)6(2)12-5/h4H,1-3H3,(H3,10,11). The minimum atomic E-state index is -0.0122. The molecule has 0 aliphatic carbocycles. The lowest BCUT2D eigenvalue weighted by molar-refractivity contribution is 0.412. The molecule has 1 heterocycles. The van der Waals surface area contributed by atoms with Crippen molar-refractivity contribution in [1.29, 1.82) is 5.41 Å². The van der Waals surface area contributed by atoms with Crippen LogP contribution in [0.4, 0.5) is 0 Å². The van der Waals surface area contributed by atoms with Crippen molar-refractivity contribution in [3.8, 4) is 5.75 Å². The van der Waals surface area contributed by atoms with E-state index in [-0.39, 0.29) is 5.84 Å². The van der Waals surface area contributed by atoms with E-state index in [0.717, 1.165) is 11.4 Å². The molecule has 0 fully saturated rings. The van der Waals surface area contributed by atoms with Gasteiger partial charge in [-0.1, -0.05) is 0 Å². The minimum absolute atomic E-state index is 0.0122. The highest BCUT2D eigenvalue weighted by Crippen LogP contribution is 2.20. The molecule has 0 saturated carbocycles. The van der Waals surface area contributed by atoms with E-state index < -0.39 is 0 Å². The predicted molar refractivity (Wildman–Crippen MR) is 51.3 cm³/mol. The predicted octanol–water partition coefficient (Wildman–Crippen LogP) is 0.991. The highest BCUT2D eigenvalue weighted by Gasteiger charge is 2.10. The van der Waals surface area contributed by atoms with Gasteiger partial charge < -0.3 is 10.5 Å². The smallest absolute Gasteiger partial charge is 0.133 e. The number of nitrogens with zero attached hydrogens (tertiary/aromatic N) is 1. The first kappa shape index (κ1) is 9.51. The van der Waals surface area contributed by atoms with Gasteiger partial charge in [-0.3, -0.25) is 10.4 Å². The van der Waals surface area contributed by atoms with E-state index in [1.807, 2.05) is 13.8 Å². The van der Waals surface area contributed by atoms with Gasteiger partial charge in [-0.05, 0) is 13.8 Å². The van der Waals surface area contributed by atoms with Crippen LogP contribution in [-0.4, -0.2) is 17.9 Å². The number of hydrogen-bond donors (Lipinski definition) is 2. The monoisotopic (exact) mass is 179 g/mol. The second-order valence-corrected chi connectivity index (χ2v) is 2.84. The largest absolute Gasteiger partial charge is 0.496 e. The maximum Gasteiger partial charge on any atom is 0.133 e. The number of rotatable bonds is 2. The first-order valence-electron chi connectivity index (χ1n) is 3.93. The number of pyridine rings is 1. The number of nitrogens with one attached hydrogen (secondary N) is 1. The molecule has 13 heavy (non-hydrogen) atoms. The van der Waals surface area contributed by atoms with Crippen molar-refractivity contribution in [1.82, 2.24) is 4.98 Å². The van der Waals surface area contributed by atoms with E-state index in [1.165, 1.54) is 0 Å². The molecular formula is C9H13N3O. The highest BCUT2D eigenvalue weighted by molar-refractivity contribution is 5.98. The van der Waals surface area contributed by atoms with E-state index in [1.54, 1.807) is 13.2 Å². The van der Waals surface area contributed by atoms with Gasteiger partial charge >= 0.3 is 0 Å². The first-order chi connectivity index (χ1) is 6.06. The van der Waals surface area contributed by atoms with Crippen LogP contribution in [0, 0.1) is 19.3 Å². The van der Waals surface area contributed by atoms with Gasteiger partial charge in [-0.2, -0.15) is 0 Å². The van der Waals surface area contributed by atoms with Crippen molar-refractivity contribution in [2.45, 2.75) is 13.8 Å². The Morgan fingerprint density at radius 1 is 1.54 bits per heavy atom. The van der Waals surface area contributed by atoms with Crippen LogP contribution in [0.1, 0.15) is 17.0 Å². The summed E-state index contributed by atoms with van der Waals surface area (Å²) in [6.45, 7) is 3.69.